The number of hydrogen-bond acceptors (Lipinski definition) is 2. The summed E-state index contributed by atoms with van der Waals surface area (Å²) in [5.74, 6) is 0. The van der Waals surface area contributed by atoms with E-state index in [1.54, 1.807) is 12.1 Å². The lowest BCUT2D eigenvalue weighted by Gasteiger charge is -2.04. The van der Waals surface area contributed by atoms with Crippen LogP contribution in [0.5, 0.6) is 0 Å². The summed E-state index contributed by atoms with van der Waals surface area (Å²) in [4.78, 5) is 25.1. The second-order valence-corrected chi connectivity index (χ2v) is 4.42. The maximum absolute atomic E-state index is 11.8. The summed E-state index contributed by atoms with van der Waals surface area (Å²) < 4.78 is 0.826. The lowest BCUT2D eigenvalue weighted by molar-refractivity contribution is 0.194. The van der Waals surface area contributed by atoms with Crippen molar-refractivity contribution in [3.63, 3.8) is 0 Å². The zero-order valence-corrected chi connectivity index (χ0v) is 10.2. The van der Waals surface area contributed by atoms with Crippen LogP contribution in [0.3, 0.4) is 0 Å². The van der Waals surface area contributed by atoms with Crippen LogP contribution in [0.2, 0.25) is 0 Å². The van der Waals surface area contributed by atoms with Crippen molar-refractivity contribution in [2.45, 2.75) is 6.54 Å². The van der Waals surface area contributed by atoms with Crippen molar-refractivity contribution in [3.8, 4) is 0 Å². The number of carbonyl (C=O) groups is 1. The highest BCUT2D eigenvalue weighted by Gasteiger charge is 2.03. The number of rotatable bonds is 2. The fourth-order valence-electron chi connectivity index (χ4n) is 1.54. The van der Waals surface area contributed by atoms with E-state index in [0.29, 0.717) is 16.6 Å². The monoisotopic (exact) mass is 296 g/mol. The molecule has 1 aromatic carbocycles. The zero-order valence-electron chi connectivity index (χ0n) is 8.66. The average molecular weight is 297 g/mol. The number of carboxylic acid groups (broad SMARTS) is 1. The number of H-pyrrole nitrogens is 1. The first-order valence-corrected chi connectivity index (χ1v) is 5.64. The molecule has 0 atom stereocenters. The van der Waals surface area contributed by atoms with Gasteiger partial charge in [-0.2, -0.15) is 0 Å². The third kappa shape index (κ3) is 2.65. The van der Waals surface area contributed by atoms with Crippen LogP contribution in [-0.2, 0) is 6.54 Å². The molecule has 0 unspecified atom stereocenters. The second-order valence-electron chi connectivity index (χ2n) is 3.51. The molecule has 0 aliphatic carbocycles. The molecule has 1 amide bonds. The largest absolute Gasteiger partial charge is 0.465 e. The summed E-state index contributed by atoms with van der Waals surface area (Å²) in [6.07, 6.45) is -1.12. The summed E-state index contributed by atoms with van der Waals surface area (Å²) in [5.41, 5.74) is 1.08. The van der Waals surface area contributed by atoms with Crippen molar-refractivity contribution in [1.29, 1.82) is 0 Å². The molecule has 0 saturated heterocycles. The number of nitrogens with one attached hydrogen (secondary N) is 2. The Bertz CT molecular complexity index is 636. The molecule has 88 valence electrons. The molecule has 17 heavy (non-hydrogen) atoms. The first-order chi connectivity index (χ1) is 8.06. The van der Waals surface area contributed by atoms with E-state index in [4.69, 9.17) is 5.11 Å². The molecule has 1 aromatic heterocycles. The van der Waals surface area contributed by atoms with E-state index in [0.717, 1.165) is 4.47 Å². The van der Waals surface area contributed by atoms with Gasteiger partial charge in [-0.05, 0) is 18.2 Å². The predicted molar refractivity (Wildman–Crippen MR) is 67.1 cm³/mol. The smallest absolute Gasteiger partial charge is 0.404 e. The van der Waals surface area contributed by atoms with Gasteiger partial charge in [0.05, 0.1) is 6.54 Å². The Morgan fingerprint density at radius 3 is 2.88 bits per heavy atom. The fraction of sp³-hybridized carbons (Fsp3) is 0.0909. The molecule has 0 saturated carbocycles. The van der Waals surface area contributed by atoms with Crippen LogP contribution in [0.25, 0.3) is 10.9 Å². The quantitative estimate of drug-likeness (QED) is 0.793. The summed E-state index contributed by atoms with van der Waals surface area (Å²) in [6.45, 7) is 0.0799. The van der Waals surface area contributed by atoms with Gasteiger partial charge in [-0.25, -0.2) is 4.79 Å². The van der Waals surface area contributed by atoms with Crippen LogP contribution in [0.4, 0.5) is 4.79 Å². The summed E-state index contributed by atoms with van der Waals surface area (Å²) in [5, 5.41) is 11.3. The Labute approximate surface area is 105 Å². The van der Waals surface area contributed by atoms with Gasteiger partial charge >= 0.3 is 6.09 Å². The minimum Gasteiger partial charge on any atom is -0.465 e. The van der Waals surface area contributed by atoms with Crippen molar-refractivity contribution >= 4 is 32.9 Å². The van der Waals surface area contributed by atoms with E-state index >= 15 is 0 Å². The molecule has 2 aromatic rings. The summed E-state index contributed by atoms with van der Waals surface area (Å²) in [6, 6.07) is 6.70. The van der Waals surface area contributed by atoms with Crippen LogP contribution < -0.4 is 10.7 Å². The van der Waals surface area contributed by atoms with Gasteiger partial charge in [0.2, 0.25) is 0 Å². The Hall–Kier alpha value is -1.82. The topological polar surface area (TPSA) is 82.2 Å². The van der Waals surface area contributed by atoms with Gasteiger partial charge in [-0.1, -0.05) is 15.9 Å². The number of fused-ring (bicyclic) bond motifs is 1. The summed E-state index contributed by atoms with van der Waals surface area (Å²) >= 11 is 3.29. The second kappa shape index (κ2) is 4.58. The first kappa shape index (κ1) is 11.7. The van der Waals surface area contributed by atoms with Crippen LogP contribution in [-0.4, -0.2) is 16.2 Å². The number of halogens is 1. The molecule has 0 fully saturated rings. The van der Waals surface area contributed by atoms with Gasteiger partial charge in [-0.15, -0.1) is 0 Å². The molecular weight excluding hydrogens is 288 g/mol. The van der Waals surface area contributed by atoms with E-state index in [1.165, 1.54) is 6.07 Å². The van der Waals surface area contributed by atoms with Gasteiger partial charge in [0.15, 0.2) is 5.43 Å². The van der Waals surface area contributed by atoms with E-state index < -0.39 is 6.09 Å². The highest BCUT2D eigenvalue weighted by Crippen LogP contribution is 2.15. The van der Waals surface area contributed by atoms with Crippen LogP contribution in [0.15, 0.2) is 33.5 Å². The van der Waals surface area contributed by atoms with Gasteiger partial charge in [0.25, 0.3) is 0 Å². The highest BCUT2D eigenvalue weighted by molar-refractivity contribution is 9.10. The maximum Gasteiger partial charge on any atom is 0.404 e. The Morgan fingerprint density at radius 1 is 1.41 bits per heavy atom. The molecule has 0 spiro atoms. The number of aromatic amines is 1. The van der Waals surface area contributed by atoms with Crippen molar-refractivity contribution in [3.05, 3.63) is 44.7 Å². The molecule has 5 nitrogen and oxygen atoms in total. The predicted octanol–water partition coefficient (Wildman–Crippen LogP) is 2.06. The molecule has 2 rings (SSSR count). The number of amides is 1. The number of benzene rings is 1. The molecule has 0 aliphatic heterocycles. The van der Waals surface area contributed by atoms with E-state index in [9.17, 15) is 9.59 Å². The van der Waals surface area contributed by atoms with Gasteiger partial charge < -0.3 is 15.4 Å². The molecule has 6 heteroatoms. The molecule has 0 radical (unpaired) electrons. The van der Waals surface area contributed by atoms with Crippen LogP contribution >= 0.6 is 15.9 Å². The number of hydrogen-bond donors (Lipinski definition) is 3. The van der Waals surface area contributed by atoms with E-state index in [2.05, 4.69) is 26.2 Å². The first-order valence-electron chi connectivity index (χ1n) is 4.84. The van der Waals surface area contributed by atoms with Crippen molar-refractivity contribution in [2.24, 2.45) is 0 Å². The van der Waals surface area contributed by atoms with Gasteiger partial charge in [0.1, 0.15) is 0 Å². The number of pyridine rings is 1. The lowest BCUT2D eigenvalue weighted by Crippen LogP contribution is -2.21. The molecular formula is C11H9BrN2O3. The van der Waals surface area contributed by atoms with Crippen LogP contribution in [0.1, 0.15) is 5.69 Å². The highest BCUT2D eigenvalue weighted by atomic mass is 79.9. The Morgan fingerprint density at radius 2 is 2.18 bits per heavy atom. The lowest BCUT2D eigenvalue weighted by atomic mass is 10.2. The molecule has 3 N–H and O–H groups in total. The zero-order chi connectivity index (χ0) is 12.4. The van der Waals surface area contributed by atoms with E-state index in [-0.39, 0.29) is 12.0 Å². The average Bonchev–Trinajstić information content (AvgIpc) is 2.27. The van der Waals surface area contributed by atoms with Crippen molar-refractivity contribution in [1.82, 2.24) is 10.3 Å². The SMILES string of the molecule is O=C(O)NCc1cc(=O)c2cc(Br)ccc2[nH]1. The maximum atomic E-state index is 11.8. The minimum atomic E-state index is -1.12. The third-order valence-corrected chi connectivity index (χ3v) is 2.77. The Kier molecular flexibility index (Phi) is 3.14. The Balaban J connectivity index is 2.45. The molecule has 1 heterocycles. The standard InChI is InChI=1S/C11H9BrN2O3/c12-6-1-2-9-8(3-6)10(15)4-7(14-9)5-13-11(16)17/h1-4,13H,5H2,(H,14,15)(H,16,17). The molecule has 0 bridgehead atoms. The van der Waals surface area contributed by atoms with E-state index in [1.807, 2.05) is 6.07 Å². The number of aromatic nitrogens is 1. The minimum absolute atomic E-state index is 0.0799. The summed E-state index contributed by atoms with van der Waals surface area (Å²) in [7, 11) is 0. The fourth-order valence-corrected chi connectivity index (χ4v) is 1.90. The van der Waals surface area contributed by atoms with Crippen molar-refractivity contribution < 1.29 is 9.90 Å². The van der Waals surface area contributed by atoms with Gasteiger partial charge in [0, 0.05) is 27.1 Å². The van der Waals surface area contributed by atoms with Crippen molar-refractivity contribution in [2.75, 3.05) is 0 Å². The third-order valence-electron chi connectivity index (χ3n) is 2.28. The van der Waals surface area contributed by atoms with Crippen LogP contribution in [0, 0.1) is 0 Å². The normalized spacial score (nSPS) is 10.4. The van der Waals surface area contributed by atoms with Gasteiger partial charge in [-0.3, -0.25) is 4.79 Å². The molecule has 0 aliphatic rings.